The topological polar surface area (TPSA) is 20.2 Å². The first kappa shape index (κ1) is 14.4. The minimum Gasteiger partial charge on any atom is -0.396 e. The van der Waals surface area contributed by atoms with Gasteiger partial charge in [0.2, 0.25) is 0 Å². The van der Waals surface area contributed by atoms with E-state index in [1.54, 1.807) is 0 Å². The molecule has 15 heavy (non-hydrogen) atoms. The van der Waals surface area contributed by atoms with E-state index < -0.39 is 0 Å². The van der Waals surface area contributed by atoms with Crippen LogP contribution in [0.2, 0.25) is 0 Å². The van der Waals surface area contributed by atoms with E-state index in [9.17, 15) is 0 Å². The summed E-state index contributed by atoms with van der Waals surface area (Å²) in [5.74, 6) is 0. The van der Waals surface area contributed by atoms with Gasteiger partial charge in [-0.15, -0.1) is 0 Å². The number of unbranched alkanes of at least 4 members (excludes halogenated alkanes) is 6. The van der Waals surface area contributed by atoms with Gasteiger partial charge >= 0.3 is 0 Å². The molecule has 0 atom stereocenters. The van der Waals surface area contributed by atoms with Crippen LogP contribution in [0.15, 0.2) is 24.3 Å². The second-order valence-corrected chi connectivity index (χ2v) is 3.91. The van der Waals surface area contributed by atoms with Crippen molar-refractivity contribution in [2.45, 2.75) is 58.3 Å². The van der Waals surface area contributed by atoms with Gasteiger partial charge in [0.05, 0.1) is 0 Å². The van der Waals surface area contributed by atoms with Crippen LogP contribution in [-0.4, -0.2) is 11.7 Å². The zero-order valence-corrected chi connectivity index (χ0v) is 10.1. The molecule has 0 aliphatic carbocycles. The molecule has 0 rings (SSSR count). The molecule has 0 unspecified atom stereocenters. The largest absolute Gasteiger partial charge is 0.396 e. The molecule has 88 valence electrons. The fourth-order valence-corrected chi connectivity index (χ4v) is 1.51. The molecule has 0 saturated carbocycles. The summed E-state index contributed by atoms with van der Waals surface area (Å²) in [5, 5.41) is 8.60. The van der Waals surface area contributed by atoms with Crippen LogP contribution < -0.4 is 0 Å². The molecule has 0 aliphatic heterocycles. The molecule has 1 N–H and O–H groups in total. The Hall–Kier alpha value is -0.560. The Bertz CT molecular complexity index is 159. The van der Waals surface area contributed by atoms with Crippen molar-refractivity contribution in [2.75, 3.05) is 6.61 Å². The molecular formula is C14H26O. The summed E-state index contributed by atoms with van der Waals surface area (Å²) in [6, 6.07) is 0. The summed E-state index contributed by atoms with van der Waals surface area (Å²) in [4.78, 5) is 0. The standard InChI is InChI=1S/C14H26O/c1-2-3-4-5-6-7-8-9-10-11-12-13-14-15/h2-3,5-6,15H,4,7-14H2,1H3/b3-2-,6-5-. The van der Waals surface area contributed by atoms with Crippen molar-refractivity contribution >= 4 is 0 Å². The summed E-state index contributed by atoms with van der Waals surface area (Å²) in [7, 11) is 0. The maximum absolute atomic E-state index is 8.60. The molecule has 0 heterocycles. The Morgan fingerprint density at radius 2 is 1.47 bits per heavy atom. The predicted molar refractivity (Wildman–Crippen MR) is 68.0 cm³/mol. The highest BCUT2D eigenvalue weighted by Crippen LogP contribution is 2.07. The van der Waals surface area contributed by atoms with Crippen molar-refractivity contribution in [2.24, 2.45) is 0 Å². The fraction of sp³-hybridized carbons (Fsp3) is 0.714. The molecule has 0 aromatic heterocycles. The van der Waals surface area contributed by atoms with Crippen LogP contribution >= 0.6 is 0 Å². The van der Waals surface area contributed by atoms with E-state index in [2.05, 4.69) is 31.2 Å². The number of hydrogen-bond donors (Lipinski definition) is 1. The summed E-state index contributed by atoms with van der Waals surface area (Å²) in [6.45, 7) is 2.41. The van der Waals surface area contributed by atoms with Crippen LogP contribution in [-0.2, 0) is 0 Å². The average Bonchev–Trinajstić information content (AvgIpc) is 2.26. The molecule has 1 nitrogen and oxygen atoms in total. The summed E-state index contributed by atoms with van der Waals surface area (Å²) < 4.78 is 0. The Balaban J connectivity index is 3.01. The Morgan fingerprint density at radius 1 is 0.800 bits per heavy atom. The number of aliphatic hydroxyl groups is 1. The van der Waals surface area contributed by atoms with Crippen LogP contribution in [0.4, 0.5) is 0 Å². The summed E-state index contributed by atoms with van der Waals surface area (Å²) in [6.07, 6.45) is 18.5. The molecule has 0 spiro atoms. The lowest BCUT2D eigenvalue weighted by Gasteiger charge is -1.98. The van der Waals surface area contributed by atoms with Gasteiger partial charge in [-0.3, -0.25) is 0 Å². The molecule has 0 fully saturated rings. The molecule has 0 aromatic carbocycles. The van der Waals surface area contributed by atoms with Gasteiger partial charge < -0.3 is 5.11 Å². The number of aliphatic hydroxyl groups excluding tert-OH is 1. The van der Waals surface area contributed by atoms with Crippen molar-refractivity contribution in [3.05, 3.63) is 24.3 Å². The second kappa shape index (κ2) is 13.4. The van der Waals surface area contributed by atoms with Crippen molar-refractivity contribution in [3.8, 4) is 0 Å². The minimum absolute atomic E-state index is 0.355. The quantitative estimate of drug-likeness (QED) is 0.422. The van der Waals surface area contributed by atoms with Crippen molar-refractivity contribution in [1.82, 2.24) is 0 Å². The van der Waals surface area contributed by atoms with E-state index in [1.807, 2.05) is 0 Å². The van der Waals surface area contributed by atoms with Crippen LogP contribution in [0.25, 0.3) is 0 Å². The third kappa shape index (κ3) is 13.4. The van der Waals surface area contributed by atoms with Gasteiger partial charge in [0.1, 0.15) is 0 Å². The Kier molecular flexibility index (Phi) is 12.9. The van der Waals surface area contributed by atoms with E-state index in [1.165, 1.54) is 38.5 Å². The van der Waals surface area contributed by atoms with E-state index in [4.69, 9.17) is 5.11 Å². The number of rotatable bonds is 10. The third-order valence-electron chi connectivity index (χ3n) is 2.45. The monoisotopic (exact) mass is 210 g/mol. The first-order chi connectivity index (χ1) is 7.41. The minimum atomic E-state index is 0.355. The molecule has 0 saturated heterocycles. The van der Waals surface area contributed by atoms with Crippen LogP contribution in [0.5, 0.6) is 0 Å². The normalized spacial score (nSPS) is 11.9. The molecule has 1 heteroatoms. The van der Waals surface area contributed by atoms with E-state index >= 15 is 0 Å². The van der Waals surface area contributed by atoms with E-state index in [0.29, 0.717) is 6.61 Å². The summed E-state index contributed by atoms with van der Waals surface area (Å²) >= 11 is 0. The lowest BCUT2D eigenvalue weighted by molar-refractivity contribution is 0.282. The van der Waals surface area contributed by atoms with Crippen LogP contribution in [0.1, 0.15) is 58.3 Å². The first-order valence-corrected chi connectivity index (χ1v) is 6.28. The van der Waals surface area contributed by atoms with Crippen LogP contribution in [0, 0.1) is 0 Å². The maximum atomic E-state index is 8.60. The number of allylic oxidation sites excluding steroid dienone is 4. The second-order valence-electron chi connectivity index (χ2n) is 3.91. The fourth-order valence-electron chi connectivity index (χ4n) is 1.51. The van der Waals surface area contributed by atoms with Gasteiger partial charge in [-0.1, -0.05) is 50.0 Å². The van der Waals surface area contributed by atoms with Crippen molar-refractivity contribution in [1.29, 1.82) is 0 Å². The molecular weight excluding hydrogens is 184 g/mol. The first-order valence-electron chi connectivity index (χ1n) is 6.28. The Labute approximate surface area is 94.9 Å². The van der Waals surface area contributed by atoms with Gasteiger partial charge in [0, 0.05) is 6.61 Å². The summed E-state index contributed by atoms with van der Waals surface area (Å²) in [5.41, 5.74) is 0. The van der Waals surface area contributed by atoms with Crippen molar-refractivity contribution in [3.63, 3.8) is 0 Å². The third-order valence-corrected chi connectivity index (χ3v) is 2.45. The smallest absolute Gasteiger partial charge is 0.0431 e. The highest BCUT2D eigenvalue weighted by molar-refractivity contribution is 4.91. The zero-order chi connectivity index (χ0) is 11.2. The average molecular weight is 210 g/mol. The molecule has 0 bridgehead atoms. The van der Waals surface area contributed by atoms with Crippen LogP contribution in [0.3, 0.4) is 0 Å². The van der Waals surface area contributed by atoms with E-state index in [-0.39, 0.29) is 0 Å². The van der Waals surface area contributed by atoms with Gasteiger partial charge in [-0.05, 0) is 32.6 Å². The van der Waals surface area contributed by atoms with E-state index in [0.717, 1.165) is 12.8 Å². The SMILES string of the molecule is C/C=C\C/C=C\CCCCCCCCO. The van der Waals surface area contributed by atoms with Gasteiger partial charge in [-0.25, -0.2) is 0 Å². The van der Waals surface area contributed by atoms with Gasteiger partial charge in [0.25, 0.3) is 0 Å². The Morgan fingerprint density at radius 3 is 2.13 bits per heavy atom. The molecule has 0 aliphatic rings. The molecule has 0 radical (unpaired) electrons. The lowest BCUT2D eigenvalue weighted by atomic mass is 10.1. The van der Waals surface area contributed by atoms with Gasteiger partial charge in [0.15, 0.2) is 0 Å². The zero-order valence-electron chi connectivity index (χ0n) is 10.1. The number of hydrogen-bond acceptors (Lipinski definition) is 1. The highest BCUT2D eigenvalue weighted by atomic mass is 16.2. The predicted octanol–water partition coefficient (Wildman–Crippen LogP) is 4.23. The molecule has 0 aromatic rings. The lowest BCUT2D eigenvalue weighted by Crippen LogP contribution is -1.83. The van der Waals surface area contributed by atoms with Gasteiger partial charge in [-0.2, -0.15) is 0 Å². The molecule has 0 amide bonds. The van der Waals surface area contributed by atoms with Crippen molar-refractivity contribution < 1.29 is 5.11 Å². The highest BCUT2D eigenvalue weighted by Gasteiger charge is 1.89. The maximum Gasteiger partial charge on any atom is 0.0431 e.